The zero-order valence-electron chi connectivity index (χ0n) is 30.6. The van der Waals surface area contributed by atoms with Crippen molar-refractivity contribution < 1.29 is 46.9 Å². The molecule has 3 aliphatic heterocycles. The van der Waals surface area contributed by atoms with E-state index in [1.54, 1.807) is 21.9 Å². The largest absolute Gasteiger partial charge is 0.494 e. The Balaban J connectivity index is 1.14. The molecule has 1 saturated carbocycles. The van der Waals surface area contributed by atoms with Crippen molar-refractivity contribution in [3.05, 3.63) is 77.1 Å². The number of alkyl halides is 3. The van der Waals surface area contributed by atoms with Crippen molar-refractivity contribution >= 4 is 29.6 Å². The van der Waals surface area contributed by atoms with Crippen LogP contribution in [0.4, 0.5) is 29.6 Å². The van der Waals surface area contributed by atoms with Gasteiger partial charge in [-0.2, -0.15) is 13.2 Å². The molecule has 2 N–H and O–H groups in total. The number of hydrogen-bond acceptors (Lipinski definition) is 9. The van der Waals surface area contributed by atoms with Crippen LogP contribution in [-0.4, -0.2) is 82.9 Å². The van der Waals surface area contributed by atoms with Gasteiger partial charge >= 0.3 is 18.2 Å². The molecule has 7 rings (SSSR count). The van der Waals surface area contributed by atoms with Crippen LogP contribution < -0.4 is 15.0 Å². The molecule has 0 radical (unpaired) electrons. The molecule has 4 aliphatic rings. The SMILES string of the molecule is O=C(NC1(C(=O)O)CCCCC1)c1cnc(N2CC3(CCN(C(=O)OCc4ccccc4)CC3)c3cc(OCCC4CCOCC4)ccc32)nc1C(F)(F)F. The van der Waals surface area contributed by atoms with Crippen molar-refractivity contribution in [3.8, 4) is 5.75 Å². The highest BCUT2D eigenvalue weighted by molar-refractivity contribution is 5.98. The maximum Gasteiger partial charge on any atom is 0.434 e. The van der Waals surface area contributed by atoms with Gasteiger partial charge in [0.05, 0.1) is 12.2 Å². The van der Waals surface area contributed by atoms with E-state index in [0.29, 0.717) is 62.7 Å². The molecule has 3 aromatic rings. The molecule has 0 unspecified atom stereocenters. The molecule has 2 aromatic carbocycles. The second kappa shape index (κ2) is 16.0. The van der Waals surface area contributed by atoms with Crippen molar-refractivity contribution in [3.63, 3.8) is 0 Å². The van der Waals surface area contributed by atoms with Crippen molar-refractivity contribution in [2.75, 3.05) is 44.4 Å². The molecule has 4 heterocycles. The van der Waals surface area contributed by atoms with E-state index in [0.717, 1.165) is 56.2 Å². The van der Waals surface area contributed by atoms with Gasteiger partial charge in [0.2, 0.25) is 5.95 Å². The fourth-order valence-electron chi connectivity index (χ4n) is 8.37. The summed E-state index contributed by atoms with van der Waals surface area (Å²) < 4.78 is 61.3. The Labute approximate surface area is 317 Å². The van der Waals surface area contributed by atoms with Crippen LogP contribution in [0.3, 0.4) is 0 Å². The van der Waals surface area contributed by atoms with Crippen LogP contribution in [0.25, 0.3) is 0 Å². The lowest BCUT2D eigenvalue weighted by Gasteiger charge is -2.39. The Morgan fingerprint density at radius 1 is 0.982 bits per heavy atom. The fraction of sp³-hybridized carbons (Fsp3) is 0.525. The van der Waals surface area contributed by atoms with Gasteiger partial charge in [0.1, 0.15) is 17.9 Å². The Morgan fingerprint density at radius 3 is 2.40 bits per heavy atom. The van der Waals surface area contributed by atoms with E-state index in [9.17, 15) is 32.7 Å². The first-order valence-corrected chi connectivity index (χ1v) is 19.0. The average Bonchev–Trinajstić information content (AvgIpc) is 3.50. The molecule has 0 atom stereocenters. The number of likely N-dealkylation sites (tertiary alicyclic amines) is 1. The first kappa shape index (κ1) is 38.4. The molecule has 294 valence electrons. The summed E-state index contributed by atoms with van der Waals surface area (Å²) in [4.78, 5) is 50.2. The number of fused-ring (bicyclic) bond motifs is 2. The number of halogens is 3. The summed E-state index contributed by atoms with van der Waals surface area (Å²) in [5.74, 6) is -1.57. The summed E-state index contributed by atoms with van der Waals surface area (Å²) in [6.07, 6.45) is 1.24. The molecule has 0 bridgehead atoms. The number of piperidine rings is 1. The van der Waals surface area contributed by atoms with Gasteiger partial charge < -0.3 is 34.4 Å². The lowest BCUT2D eigenvalue weighted by Crippen LogP contribution is -2.55. The smallest absolute Gasteiger partial charge is 0.434 e. The van der Waals surface area contributed by atoms with E-state index in [2.05, 4.69) is 15.3 Å². The van der Waals surface area contributed by atoms with Gasteiger partial charge in [-0.05, 0) is 80.2 Å². The van der Waals surface area contributed by atoms with Crippen LogP contribution in [0.15, 0.2) is 54.7 Å². The third kappa shape index (κ3) is 8.36. The molecule has 3 fully saturated rings. The first-order chi connectivity index (χ1) is 26.5. The van der Waals surface area contributed by atoms with E-state index in [1.165, 1.54) is 0 Å². The predicted molar refractivity (Wildman–Crippen MR) is 194 cm³/mol. The Bertz CT molecular complexity index is 1860. The number of benzene rings is 2. The third-order valence-corrected chi connectivity index (χ3v) is 11.6. The molecular weight excluding hydrogens is 719 g/mol. The molecule has 55 heavy (non-hydrogen) atoms. The first-order valence-electron chi connectivity index (χ1n) is 19.0. The summed E-state index contributed by atoms with van der Waals surface area (Å²) in [6, 6.07) is 14.9. The number of nitrogens with one attached hydrogen (secondary N) is 1. The number of hydrogen-bond donors (Lipinski definition) is 2. The van der Waals surface area contributed by atoms with E-state index in [4.69, 9.17) is 14.2 Å². The van der Waals surface area contributed by atoms with E-state index in [1.807, 2.05) is 36.4 Å². The minimum atomic E-state index is -5.04. The number of ether oxygens (including phenoxy) is 3. The van der Waals surface area contributed by atoms with Crippen LogP contribution in [0.2, 0.25) is 0 Å². The lowest BCUT2D eigenvalue weighted by atomic mass is 9.74. The molecular formula is C40H46F3N5O7. The van der Waals surface area contributed by atoms with Gasteiger partial charge in [0, 0.05) is 50.1 Å². The number of carboxylic acids is 1. The molecule has 15 heteroatoms. The summed E-state index contributed by atoms with van der Waals surface area (Å²) in [5.41, 5.74) is -2.21. The Morgan fingerprint density at radius 2 is 1.71 bits per heavy atom. The third-order valence-electron chi connectivity index (χ3n) is 11.6. The number of aromatic nitrogens is 2. The predicted octanol–water partition coefficient (Wildman–Crippen LogP) is 7.03. The average molecular weight is 766 g/mol. The number of anilines is 2. The molecule has 1 spiro atoms. The van der Waals surface area contributed by atoms with Crippen LogP contribution in [0, 0.1) is 5.92 Å². The van der Waals surface area contributed by atoms with Gasteiger partial charge in [-0.1, -0.05) is 49.6 Å². The van der Waals surface area contributed by atoms with Crippen LogP contribution >= 0.6 is 0 Å². The number of amides is 2. The topological polar surface area (TPSA) is 143 Å². The van der Waals surface area contributed by atoms with Crippen LogP contribution in [0.5, 0.6) is 5.75 Å². The maximum atomic E-state index is 14.7. The summed E-state index contributed by atoms with van der Waals surface area (Å²) in [6.45, 7) is 3.06. The van der Waals surface area contributed by atoms with E-state index in [-0.39, 0.29) is 31.9 Å². The number of carbonyl (C=O) groups is 3. The number of rotatable bonds is 10. The van der Waals surface area contributed by atoms with Gasteiger partial charge in [0.15, 0.2) is 5.69 Å². The quantitative estimate of drug-likeness (QED) is 0.221. The monoisotopic (exact) mass is 765 g/mol. The van der Waals surface area contributed by atoms with Crippen molar-refractivity contribution in [2.45, 2.75) is 87.9 Å². The fourth-order valence-corrected chi connectivity index (χ4v) is 8.37. The van der Waals surface area contributed by atoms with Gasteiger partial charge in [0.25, 0.3) is 5.91 Å². The zero-order chi connectivity index (χ0) is 38.6. The molecule has 1 aromatic heterocycles. The molecule has 1 aliphatic carbocycles. The van der Waals surface area contributed by atoms with Gasteiger partial charge in [-0.3, -0.25) is 4.79 Å². The summed E-state index contributed by atoms with van der Waals surface area (Å²) in [7, 11) is 0. The van der Waals surface area contributed by atoms with Crippen molar-refractivity contribution in [2.24, 2.45) is 5.92 Å². The highest BCUT2D eigenvalue weighted by Crippen LogP contribution is 2.50. The standard InChI is InChI=1S/C40H46F3N5O7/c41-40(42,43)33-30(34(49)46-39(35(50)51)14-5-2-6-15-39)24-44-36(45-33)48-26-38(16-18-47(19-17-38)37(52)55-25-28-7-3-1-4-8-28)31-23-29(9-10-32(31)48)54-22-13-27-11-20-53-21-12-27/h1,3-4,7-10,23-24,27H,2,5-6,11-22,25-26H2,(H,46,49)(H,50,51). The molecule has 2 saturated heterocycles. The number of carbonyl (C=O) groups excluding carboxylic acids is 2. The highest BCUT2D eigenvalue weighted by Gasteiger charge is 2.48. The van der Waals surface area contributed by atoms with Crippen LogP contribution in [-0.2, 0) is 32.5 Å². The minimum Gasteiger partial charge on any atom is -0.494 e. The number of carboxylic acid groups (broad SMARTS) is 1. The number of nitrogens with zero attached hydrogens (tertiary/aromatic N) is 4. The van der Waals surface area contributed by atoms with Crippen molar-refractivity contribution in [1.82, 2.24) is 20.2 Å². The van der Waals surface area contributed by atoms with Crippen LogP contribution in [0.1, 0.15) is 91.4 Å². The molecule has 12 nitrogen and oxygen atoms in total. The summed E-state index contributed by atoms with van der Waals surface area (Å²) >= 11 is 0. The Kier molecular flexibility index (Phi) is 11.2. The normalized spacial score (nSPS) is 19.5. The molecule has 2 amide bonds. The van der Waals surface area contributed by atoms with Gasteiger partial charge in [-0.25, -0.2) is 19.6 Å². The maximum absolute atomic E-state index is 14.7. The van der Waals surface area contributed by atoms with Gasteiger partial charge in [-0.15, -0.1) is 0 Å². The zero-order valence-corrected chi connectivity index (χ0v) is 30.6. The second-order valence-electron chi connectivity index (χ2n) is 15.1. The van der Waals surface area contributed by atoms with E-state index >= 15 is 0 Å². The lowest BCUT2D eigenvalue weighted by molar-refractivity contribution is -0.145. The Hall–Kier alpha value is -4.92. The summed E-state index contributed by atoms with van der Waals surface area (Å²) in [5, 5.41) is 12.3. The minimum absolute atomic E-state index is 0.116. The number of aliphatic carboxylic acids is 1. The highest BCUT2D eigenvalue weighted by atomic mass is 19.4. The van der Waals surface area contributed by atoms with Crippen molar-refractivity contribution in [1.29, 1.82) is 0 Å². The van der Waals surface area contributed by atoms with E-state index < -0.39 is 46.4 Å². The second-order valence-corrected chi connectivity index (χ2v) is 15.1.